The van der Waals surface area contributed by atoms with E-state index < -0.39 is 0 Å². The molecule has 0 atom stereocenters. The second-order valence-corrected chi connectivity index (χ2v) is 5.66. The van der Waals surface area contributed by atoms with Crippen LogP contribution in [0.15, 0.2) is 36.4 Å². The lowest BCUT2D eigenvalue weighted by Gasteiger charge is -2.24. The van der Waals surface area contributed by atoms with E-state index in [2.05, 4.69) is 0 Å². The van der Waals surface area contributed by atoms with Crippen LogP contribution in [-0.4, -0.2) is 5.91 Å². The molecule has 3 rings (SSSR count). The number of fused-ring (bicyclic) bond motifs is 2. The summed E-state index contributed by atoms with van der Waals surface area (Å²) in [6.45, 7) is 0. The third kappa shape index (κ3) is 2.51. The second kappa shape index (κ2) is 5.70. The lowest BCUT2D eigenvalue weighted by Crippen LogP contribution is -2.26. The van der Waals surface area contributed by atoms with E-state index in [9.17, 15) is 4.79 Å². The molecule has 2 aromatic rings. The fraction of sp³-hybridized carbons (Fsp3) is 0.176. The molecular formula is C17H14ClN3O. The van der Waals surface area contributed by atoms with Crippen LogP contribution in [-0.2, 0) is 17.6 Å². The summed E-state index contributed by atoms with van der Waals surface area (Å²) in [6, 6.07) is 12.9. The molecule has 0 fully saturated rings. The van der Waals surface area contributed by atoms with E-state index in [0.717, 1.165) is 35.3 Å². The molecule has 1 aliphatic rings. The largest absolute Gasteiger partial charge is 0.399 e. The van der Waals surface area contributed by atoms with Crippen molar-refractivity contribution in [3.05, 3.63) is 52.5 Å². The normalized spacial score (nSPS) is 12.8. The molecule has 0 saturated heterocycles. The topological polar surface area (TPSA) is 70.1 Å². The number of aryl methyl sites for hydroxylation is 2. The van der Waals surface area contributed by atoms with Crippen molar-refractivity contribution in [3.8, 4) is 6.07 Å². The van der Waals surface area contributed by atoms with Gasteiger partial charge in [-0.05, 0) is 60.4 Å². The SMILES string of the molecule is N#CCC(=O)N1c2ccc(N)cc2CCc2cc(Cl)ccc21. The van der Waals surface area contributed by atoms with Gasteiger partial charge in [0, 0.05) is 10.7 Å². The zero-order chi connectivity index (χ0) is 15.7. The van der Waals surface area contributed by atoms with Crippen LogP contribution >= 0.6 is 11.6 Å². The first kappa shape index (κ1) is 14.4. The summed E-state index contributed by atoms with van der Waals surface area (Å²) in [5, 5.41) is 9.52. The highest BCUT2D eigenvalue weighted by Crippen LogP contribution is 2.38. The van der Waals surface area contributed by atoms with Crippen LogP contribution in [0.1, 0.15) is 17.5 Å². The summed E-state index contributed by atoms with van der Waals surface area (Å²) in [5.41, 5.74) is 10.1. The Bertz CT molecular complexity index is 741. The average Bonchev–Trinajstić information content (AvgIpc) is 2.64. The zero-order valence-electron chi connectivity index (χ0n) is 11.8. The number of nitrogen functional groups attached to an aromatic ring is 1. The van der Waals surface area contributed by atoms with E-state index in [1.165, 1.54) is 0 Å². The van der Waals surface area contributed by atoms with Gasteiger partial charge in [-0.15, -0.1) is 0 Å². The van der Waals surface area contributed by atoms with Crippen molar-refractivity contribution < 1.29 is 4.79 Å². The lowest BCUT2D eigenvalue weighted by atomic mass is 10.0. The van der Waals surface area contributed by atoms with Crippen molar-refractivity contribution >= 4 is 34.6 Å². The van der Waals surface area contributed by atoms with Crippen molar-refractivity contribution in [2.45, 2.75) is 19.3 Å². The number of anilines is 3. The summed E-state index contributed by atoms with van der Waals surface area (Å²) in [4.78, 5) is 14.1. The van der Waals surface area contributed by atoms with Crippen molar-refractivity contribution in [2.24, 2.45) is 0 Å². The summed E-state index contributed by atoms with van der Waals surface area (Å²) < 4.78 is 0. The van der Waals surface area contributed by atoms with Gasteiger partial charge in [0.25, 0.3) is 0 Å². The zero-order valence-corrected chi connectivity index (χ0v) is 12.6. The third-order valence-corrected chi connectivity index (χ3v) is 4.01. The van der Waals surface area contributed by atoms with Crippen LogP contribution in [0.2, 0.25) is 5.02 Å². The first-order valence-electron chi connectivity index (χ1n) is 6.97. The smallest absolute Gasteiger partial charge is 0.245 e. The Morgan fingerprint density at radius 2 is 1.82 bits per heavy atom. The molecule has 0 aromatic heterocycles. The Morgan fingerprint density at radius 1 is 1.18 bits per heavy atom. The highest BCUT2D eigenvalue weighted by atomic mass is 35.5. The number of hydrogen-bond donors (Lipinski definition) is 1. The predicted octanol–water partition coefficient (Wildman–Crippen LogP) is 3.60. The number of amides is 1. The van der Waals surface area contributed by atoms with Gasteiger partial charge in [-0.1, -0.05) is 11.6 Å². The van der Waals surface area contributed by atoms with E-state index in [4.69, 9.17) is 22.6 Å². The molecule has 0 unspecified atom stereocenters. The van der Waals surface area contributed by atoms with Gasteiger partial charge >= 0.3 is 0 Å². The third-order valence-electron chi connectivity index (χ3n) is 3.77. The molecule has 0 bridgehead atoms. The van der Waals surface area contributed by atoms with Gasteiger partial charge in [-0.25, -0.2) is 0 Å². The fourth-order valence-electron chi connectivity index (χ4n) is 2.81. The van der Waals surface area contributed by atoms with E-state index >= 15 is 0 Å². The minimum Gasteiger partial charge on any atom is -0.399 e. The molecule has 0 spiro atoms. The Kier molecular flexibility index (Phi) is 3.74. The molecule has 22 heavy (non-hydrogen) atoms. The van der Waals surface area contributed by atoms with Gasteiger partial charge in [0.15, 0.2) is 0 Å². The molecule has 0 saturated carbocycles. The molecule has 2 aromatic carbocycles. The molecule has 4 nitrogen and oxygen atoms in total. The Hall–Kier alpha value is -2.51. The van der Waals surface area contributed by atoms with Gasteiger partial charge in [-0.3, -0.25) is 9.69 Å². The molecule has 2 N–H and O–H groups in total. The quantitative estimate of drug-likeness (QED) is 0.818. The van der Waals surface area contributed by atoms with Crippen LogP contribution in [0, 0.1) is 11.3 Å². The maximum absolute atomic E-state index is 12.5. The van der Waals surface area contributed by atoms with Crippen molar-refractivity contribution in [1.82, 2.24) is 0 Å². The highest BCUT2D eigenvalue weighted by molar-refractivity contribution is 6.30. The molecule has 1 amide bonds. The van der Waals surface area contributed by atoms with E-state index in [1.807, 2.05) is 30.3 Å². The highest BCUT2D eigenvalue weighted by Gasteiger charge is 2.25. The maximum atomic E-state index is 12.5. The van der Waals surface area contributed by atoms with Gasteiger partial charge in [0.2, 0.25) is 5.91 Å². The number of nitrogens with zero attached hydrogens (tertiary/aromatic N) is 2. The van der Waals surface area contributed by atoms with Crippen molar-refractivity contribution in [3.63, 3.8) is 0 Å². The molecular weight excluding hydrogens is 298 g/mol. The average molecular weight is 312 g/mol. The number of carbonyl (C=O) groups is 1. The van der Waals surface area contributed by atoms with Crippen molar-refractivity contribution in [2.75, 3.05) is 10.6 Å². The Balaban J connectivity index is 2.21. The first-order valence-corrected chi connectivity index (χ1v) is 7.34. The summed E-state index contributed by atoms with van der Waals surface area (Å²) >= 11 is 6.08. The van der Waals surface area contributed by atoms with Gasteiger partial charge < -0.3 is 5.73 Å². The van der Waals surface area contributed by atoms with Gasteiger partial charge in [-0.2, -0.15) is 5.26 Å². The minimum absolute atomic E-state index is 0.175. The number of nitriles is 1. The summed E-state index contributed by atoms with van der Waals surface area (Å²) in [5.74, 6) is -0.251. The van der Waals surface area contributed by atoms with Crippen molar-refractivity contribution in [1.29, 1.82) is 5.26 Å². The lowest BCUT2D eigenvalue weighted by molar-refractivity contribution is -0.117. The number of carbonyl (C=O) groups excluding carboxylic acids is 1. The monoisotopic (exact) mass is 311 g/mol. The van der Waals surface area contributed by atoms with Gasteiger partial charge in [0.05, 0.1) is 17.4 Å². The first-order chi connectivity index (χ1) is 10.6. The van der Waals surface area contributed by atoms with Crippen LogP contribution in [0.3, 0.4) is 0 Å². The van der Waals surface area contributed by atoms with Crippen LogP contribution < -0.4 is 10.6 Å². The summed E-state index contributed by atoms with van der Waals surface area (Å²) in [7, 11) is 0. The molecule has 0 aliphatic carbocycles. The molecule has 5 heteroatoms. The van der Waals surface area contributed by atoms with E-state index in [-0.39, 0.29) is 12.3 Å². The second-order valence-electron chi connectivity index (χ2n) is 5.23. The number of hydrogen-bond acceptors (Lipinski definition) is 3. The number of rotatable bonds is 1. The van der Waals surface area contributed by atoms with E-state index in [0.29, 0.717) is 10.7 Å². The minimum atomic E-state index is -0.251. The molecule has 1 aliphatic heterocycles. The fourth-order valence-corrected chi connectivity index (χ4v) is 3.01. The predicted molar refractivity (Wildman–Crippen MR) is 87.1 cm³/mol. The standard InChI is InChI=1S/C17H14ClN3O/c18-13-3-5-15-11(9-13)1-2-12-10-14(20)4-6-16(12)21(15)17(22)7-8-19/h3-6,9-10H,1-2,7,20H2. The molecule has 0 radical (unpaired) electrons. The Morgan fingerprint density at radius 3 is 2.50 bits per heavy atom. The summed E-state index contributed by atoms with van der Waals surface area (Å²) in [6.07, 6.45) is 1.36. The van der Waals surface area contributed by atoms with Crippen LogP contribution in [0.5, 0.6) is 0 Å². The van der Waals surface area contributed by atoms with E-state index in [1.54, 1.807) is 17.0 Å². The van der Waals surface area contributed by atoms with Crippen LogP contribution in [0.25, 0.3) is 0 Å². The van der Waals surface area contributed by atoms with Gasteiger partial charge in [0.1, 0.15) is 6.42 Å². The number of halogens is 1. The van der Waals surface area contributed by atoms with Crippen LogP contribution in [0.4, 0.5) is 17.1 Å². The molecule has 110 valence electrons. The maximum Gasteiger partial charge on any atom is 0.245 e. The number of benzene rings is 2. The Labute approximate surface area is 133 Å². The molecule has 1 heterocycles. The number of nitrogens with two attached hydrogens (primary N) is 1.